The van der Waals surface area contributed by atoms with E-state index in [1.807, 2.05) is 36.3 Å². The second-order valence-electron chi connectivity index (χ2n) is 8.60. The van der Waals surface area contributed by atoms with Gasteiger partial charge in [-0.2, -0.15) is 5.10 Å². The number of piperazine rings is 1. The molecule has 32 heavy (non-hydrogen) atoms. The quantitative estimate of drug-likeness (QED) is 0.636. The minimum absolute atomic E-state index is 0.0904. The lowest BCUT2D eigenvalue weighted by molar-refractivity contribution is -0.122. The number of amides is 1. The van der Waals surface area contributed by atoms with E-state index in [4.69, 9.17) is 0 Å². The first-order valence-electron chi connectivity index (χ1n) is 11.5. The van der Waals surface area contributed by atoms with Crippen LogP contribution in [-0.2, 0) is 11.8 Å². The first-order chi connectivity index (χ1) is 15.6. The van der Waals surface area contributed by atoms with E-state index in [-0.39, 0.29) is 11.7 Å². The maximum absolute atomic E-state index is 14.0. The zero-order chi connectivity index (χ0) is 22.3. The molecule has 0 bridgehead atoms. The van der Waals surface area contributed by atoms with Crippen molar-refractivity contribution in [2.75, 3.05) is 63.8 Å². The fourth-order valence-electron chi connectivity index (χ4n) is 4.41. The number of anilines is 1. The van der Waals surface area contributed by atoms with E-state index in [9.17, 15) is 9.18 Å². The number of hydrogen-bond donors (Lipinski definition) is 1. The van der Waals surface area contributed by atoms with Crippen LogP contribution in [0.15, 0.2) is 42.7 Å². The lowest BCUT2D eigenvalue weighted by atomic mass is 10.0. The lowest BCUT2D eigenvalue weighted by Gasteiger charge is -2.36. The van der Waals surface area contributed by atoms with Gasteiger partial charge < -0.3 is 10.2 Å². The summed E-state index contributed by atoms with van der Waals surface area (Å²) in [5, 5.41) is 7.29. The SMILES string of the molecule is Cn1cc(C2=CCN(CC(=O)NCCCN3CCN(c4ccccc4F)CC3)CC2)cn1. The molecule has 0 spiro atoms. The van der Waals surface area contributed by atoms with Gasteiger partial charge in [-0.05, 0) is 37.1 Å². The molecular weight excluding hydrogens is 407 g/mol. The molecule has 1 amide bonds. The highest BCUT2D eigenvalue weighted by atomic mass is 19.1. The molecule has 0 atom stereocenters. The van der Waals surface area contributed by atoms with Gasteiger partial charge in [-0.15, -0.1) is 0 Å². The largest absolute Gasteiger partial charge is 0.367 e. The highest BCUT2D eigenvalue weighted by molar-refractivity contribution is 5.78. The van der Waals surface area contributed by atoms with Crippen molar-refractivity contribution in [3.63, 3.8) is 0 Å². The molecule has 1 aromatic heterocycles. The summed E-state index contributed by atoms with van der Waals surface area (Å²) in [5.74, 6) is -0.0613. The Morgan fingerprint density at radius 1 is 1.12 bits per heavy atom. The van der Waals surface area contributed by atoms with Crippen molar-refractivity contribution in [2.24, 2.45) is 7.05 Å². The van der Waals surface area contributed by atoms with Crippen molar-refractivity contribution in [1.29, 1.82) is 0 Å². The fraction of sp³-hybridized carbons (Fsp3) is 0.500. The van der Waals surface area contributed by atoms with Crippen molar-refractivity contribution >= 4 is 17.2 Å². The molecular formula is C24H33FN6O. The molecule has 1 saturated heterocycles. The van der Waals surface area contributed by atoms with Gasteiger partial charge in [0.25, 0.3) is 0 Å². The Hall–Kier alpha value is -2.71. The molecule has 1 aromatic carbocycles. The molecule has 1 N–H and O–H groups in total. The normalized spacial score (nSPS) is 17.9. The highest BCUT2D eigenvalue weighted by Gasteiger charge is 2.19. The molecule has 2 aliphatic rings. The zero-order valence-corrected chi connectivity index (χ0v) is 18.8. The summed E-state index contributed by atoms with van der Waals surface area (Å²) >= 11 is 0. The third kappa shape index (κ3) is 5.95. The van der Waals surface area contributed by atoms with E-state index in [2.05, 4.69) is 31.2 Å². The van der Waals surface area contributed by atoms with Gasteiger partial charge in [-0.3, -0.25) is 19.3 Å². The summed E-state index contributed by atoms with van der Waals surface area (Å²) in [6.45, 7) is 7.27. The summed E-state index contributed by atoms with van der Waals surface area (Å²) < 4.78 is 15.8. The van der Waals surface area contributed by atoms with Crippen LogP contribution in [0, 0.1) is 5.82 Å². The monoisotopic (exact) mass is 440 g/mol. The Bertz CT molecular complexity index is 934. The molecule has 2 aliphatic heterocycles. The van der Waals surface area contributed by atoms with Crippen LogP contribution in [0.5, 0.6) is 0 Å². The molecule has 0 radical (unpaired) electrons. The summed E-state index contributed by atoms with van der Waals surface area (Å²) in [5.41, 5.74) is 3.18. The Morgan fingerprint density at radius 2 is 1.94 bits per heavy atom. The number of aryl methyl sites for hydroxylation is 1. The topological polar surface area (TPSA) is 56.6 Å². The van der Waals surface area contributed by atoms with Gasteiger partial charge in [0.1, 0.15) is 5.82 Å². The summed E-state index contributed by atoms with van der Waals surface area (Å²) in [6, 6.07) is 6.97. The molecule has 1 fully saturated rings. The van der Waals surface area contributed by atoms with E-state index in [0.29, 0.717) is 18.8 Å². The molecule has 7 nitrogen and oxygen atoms in total. The van der Waals surface area contributed by atoms with Crippen LogP contribution in [0.25, 0.3) is 5.57 Å². The smallest absolute Gasteiger partial charge is 0.234 e. The summed E-state index contributed by atoms with van der Waals surface area (Å²) in [4.78, 5) is 19.0. The molecule has 0 unspecified atom stereocenters. The minimum Gasteiger partial charge on any atom is -0.367 e. The van der Waals surface area contributed by atoms with Crippen molar-refractivity contribution in [1.82, 2.24) is 24.9 Å². The predicted octanol–water partition coefficient (Wildman–Crippen LogP) is 1.98. The molecule has 172 valence electrons. The van der Waals surface area contributed by atoms with Gasteiger partial charge in [0.2, 0.25) is 5.91 Å². The summed E-state index contributed by atoms with van der Waals surface area (Å²) in [7, 11) is 1.93. The number of hydrogen-bond acceptors (Lipinski definition) is 5. The average Bonchev–Trinajstić information content (AvgIpc) is 3.24. The van der Waals surface area contributed by atoms with E-state index < -0.39 is 0 Å². The van der Waals surface area contributed by atoms with Crippen LogP contribution in [0.1, 0.15) is 18.4 Å². The van der Waals surface area contributed by atoms with Gasteiger partial charge >= 0.3 is 0 Å². The Morgan fingerprint density at radius 3 is 2.62 bits per heavy atom. The molecule has 0 saturated carbocycles. The summed E-state index contributed by atoms with van der Waals surface area (Å²) in [6.07, 6.45) is 8.01. The Labute approximate surface area is 189 Å². The highest BCUT2D eigenvalue weighted by Crippen LogP contribution is 2.22. The number of nitrogens with zero attached hydrogens (tertiary/aromatic N) is 5. The van der Waals surface area contributed by atoms with Gasteiger partial charge in [-0.1, -0.05) is 18.2 Å². The lowest BCUT2D eigenvalue weighted by Crippen LogP contribution is -2.47. The number of nitrogens with one attached hydrogen (secondary N) is 1. The maximum Gasteiger partial charge on any atom is 0.234 e. The third-order valence-corrected chi connectivity index (χ3v) is 6.27. The van der Waals surface area contributed by atoms with E-state index >= 15 is 0 Å². The first kappa shape index (κ1) is 22.5. The number of carbonyl (C=O) groups excluding carboxylic acids is 1. The zero-order valence-electron chi connectivity index (χ0n) is 18.8. The van der Waals surface area contributed by atoms with Crippen LogP contribution in [-0.4, -0.2) is 84.4 Å². The van der Waals surface area contributed by atoms with E-state index in [0.717, 1.165) is 58.7 Å². The molecule has 2 aromatic rings. The molecule has 0 aliphatic carbocycles. The second kappa shape index (κ2) is 10.7. The van der Waals surface area contributed by atoms with Gasteiger partial charge in [0, 0.05) is 64.6 Å². The Kier molecular flexibility index (Phi) is 7.55. The van der Waals surface area contributed by atoms with Gasteiger partial charge in [0.05, 0.1) is 18.4 Å². The van der Waals surface area contributed by atoms with Crippen molar-refractivity contribution < 1.29 is 9.18 Å². The number of carbonyl (C=O) groups is 1. The van der Waals surface area contributed by atoms with Gasteiger partial charge in [-0.25, -0.2) is 4.39 Å². The van der Waals surface area contributed by atoms with Crippen molar-refractivity contribution in [3.8, 4) is 0 Å². The number of aromatic nitrogens is 2. The molecule has 3 heterocycles. The van der Waals surface area contributed by atoms with Crippen LogP contribution in [0.3, 0.4) is 0 Å². The third-order valence-electron chi connectivity index (χ3n) is 6.27. The van der Waals surface area contributed by atoms with Crippen LogP contribution in [0.4, 0.5) is 10.1 Å². The minimum atomic E-state index is -0.152. The van der Waals surface area contributed by atoms with Crippen molar-refractivity contribution in [3.05, 3.63) is 54.1 Å². The molecule has 4 rings (SSSR count). The number of rotatable bonds is 8. The maximum atomic E-state index is 14.0. The average molecular weight is 441 g/mol. The first-order valence-corrected chi connectivity index (χ1v) is 11.5. The number of para-hydroxylation sites is 1. The van der Waals surface area contributed by atoms with Crippen LogP contribution < -0.4 is 10.2 Å². The second-order valence-corrected chi connectivity index (χ2v) is 8.60. The van der Waals surface area contributed by atoms with Gasteiger partial charge in [0.15, 0.2) is 0 Å². The van der Waals surface area contributed by atoms with Crippen molar-refractivity contribution in [2.45, 2.75) is 12.8 Å². The number of halogens is 1. The van der Waals surface area contributed by atoms with Crippen LogP contribution >= 0.6 is 0 Å². The molecule has 8 heteroatoms. The number of benzene rings is 1. The van der Waals surface area contributed by atoms with Crippen LogP contribution in [0.2, 0.25) is 0 Å². The Balaban J connectivity index is 1.10. The predicted molar refractivity (Wildman–Crippen MR) is 125 cm³/mol. The standard InChI is InChI=1S/C24H33FN6O/c1-28-18-21(17-27-28)20-7-11-30(12-8-20)19-24(32)26-9-4-10-29-13-15-31(16-14-29)23-6-3-2-5-22(23)25/h2-3,5-7,17-18H,4,8-16,19H2,1H3,(H,26,32). The fourth-order valence-corrected chi connectivity index (χ4v) is 4.41. The van der Waals surface area contributed by atoms with E-state index in [1.165, 1.54) is 17.2 Å². The van der Waals surface area contributed by atoms with E-state index in [1.54, 1.807) is 6.07 Å².